The molecule has 1 aliphatic rings. The molecule has 0 saturated carbocycles. The van der Waals surface area contributed by atoms with Gasteiger partial charge in [0.1, 0.15) is 5.75 Å². The van der Waals surface area contributed by atoms with Crippen molar-refractivity contribution in [1.82, 2.24) is 5.32 Å². The first-order chi connectivity index (χ1) is 9.17. The molecule has 1 aliphatic heterocycles. The summed E-state index contributed by atoms with van der Waals surface area (Å²) in [7, 11) is 3.80. The molecule has 4 atom stereocenters. The number of benzene rings is 1. The van der Waals surface area contributed by atoms with Gasteiger partial charge < -0.3 is 10.1 Å². The maximum absolute atomic E-state index is 5.51. The fraction of sp³-hybridized carbons (Fsp3) is 0.600. The van der Waals surface area contributed by atoms with Gasteiger partial charge in [-0.1, -0.05) is 32.0 Å². The molecule has 1 aromatic rings. The minimum atomic E-state index is 0.351. The largest absolute Gasteiger partial charge is 0.496 e. The zero-order valence-electron chi connectivity index (χ0n) is 12.1. The van der Waals surface area contributed by atoms with Gasteiger partial charge in [0, 0.05) is 33.1 Å². The molecular formula is C15H23NOS2. The van der Waals surface area contributed by atoms with Crippen LogP contribution >= 0.6 is 23.5 Å². The smallest absolute Gasteiger partial charge is 0.123 e. The first-order valence-corrected chi connectivity index (χ1v) is 8.73. The second kappa shape index (κ2) is 6.91. The summed E-state index contributed by atoms with van der Waals surface area (Å²) in [5.74, 6) is 2.18. The number of hydrogen-bond acceptors (Lipinski definition) is 4. The third kappa shape index (κ3) is 3.41. The number of methoxy groups -OCH3 is 1. The Bertz CT molecular complexity index is 413. The van der Waals surface area contributed by atoms with Crippen LogP contribution in [0.1, 0.15) is 25.5 Å². The Balaban J connectivity index is 2.20. The van der Waals surface area contributed by atoms with Crippen molar-refractivity contribution in [2.24, 2.45) is 0 Å². The predicted molar refractivity (Wildman–Crippen MR) is 87.6 cm³/mol. The van der Waals surface area contributed by atoms with Crippen molar-refractivity contribution >= 4 is 23.5 Å². The molecule has 19 heavy (non-hydrogen) atoms. The van der Waals surface area contributed by atoms with Gasteiger partial charge in [-0.25, -0.2) is 0 Å². The lowest BCUT2D eigenvalue weighted by Gasteiger charge is -2.36. The van der Waals surface area contributed by atoms with E-state index in [0.717, 1.165) is 11.0 Å². The van der Waals surface area contributed by atoms with Crippen molar-refractivity contribution < 1.29 is 4.74 Å². The average molecular weight is 297 g/mol. The van der Waals surface area contributed by atoms with Crippen molar-refractivity contribution in [3.63, 3.8) is 0 Å². The molecule has 1 N–H and O–H groups in total. The molecule has 106 valence electrons. The normalized spacial score (nSPS) is 28.9. The molecule has 2 rings (SSSR count). The van der Waals surface area contributed by atoms with Gasteiger partial charge in [-0.2, -0.15) is 23.5 Å². The number of ether oxygens (including phenoxy) is 1. The molecule has 2 nitrogen and oxygen atoms in total. The molecule has 1 aromatic carbocycles. The summed E-state index contributed by atoms with van der Waals surface area (Å²) >= 11 is 4.19. The van der Waals surface area contributed by atoms with Gasteiger partial charge in [0.25, 0.3) is 0 Å². The highest BCUT2D eigenvalue weighted by molar-refractivity contribution is 8.07. The number of thioether (sulfide) groups is 2. The van der Waals surface area contributed by atoms with Gasteiger partial charge in [0.2, 0.25) is 0 Å². The van der Waals surface area contributed by atoms with Crippen LogP contribution in [0.2, 0.25) is 0 Å². The Morgan fingerprint density at radius 1 is 1.26 bits per heavy atom. The van der Waals surface area contributed by atoms with Crippen molar-refractivity contribution in [3.05, 3.63) is 29.8 Å². The Labute approximate surface area is 125 Å². The quantitative estimate of drug-likeness (QED) is 0.916. The van der Waals surface area contributed by atoms with Crippen molar-refractivity contribution in [2.45, 2.75) is 35.6 Å². The number of nitrogens with one attached hydrogen (secondary N) is 1. The summed E-state index contributed by atoms with van der Waals surface area (Å²) in [5.41, 5.74) is 1.27. The molecule has 1 saturated heterocycles. The molecular weight excluding hydrogens is 274 g/mol. The molecule has 4 heteroatoms. The molecule has 0 amide bonds. The summed E-state index contributed by atoms with van der Waals surface area (Å²) in [6.45, 7) is 4.67. The highest BCUT2D eigenvalue weighted by Gasteiger charge is 2.32. The molecule has 1 heterocycles. The SMILES string of the molecule is CNC(c1ccccc1OC)C1CSC(C)C(C)S1. The van der Waals surface area contributed by atoms with Crippen molar-refractivity contribution in [2.75, 3.05) is 19.9 Å². The van der Waals surface area contributed by atoms with Crippen LogP contribution in [0.3, 0.4) is 0 Å². The van der Waals surface area contributed by atoms with Crippen LogP contribution in [-0.2, 0) is 0 Å². The predicted octanol–water partition coefficient (Wildman–Crippen LogP) is 3.58. The monoisotopic (exact) mass is 297 g/mol. The van der Waals surface area contributed by atoms with E-state index >= 15 is 0 Å². The van der Waals surface area contributed by atoms with Crippen LogP contribution in [0.4, 0.5) is 0 Å². The number of hydrogen-bond donors (Lipinski definition) is 1. The molecule has 0 aliphatic carbocycles. The van der Waals surface area contributed by atoms with E-state index in [9.17, 15) is 0 Å². The van der Waals surface area contributed by atoms with E-state index in [1.54, 1.807) is 7.11 Å². The average Bonchev–Trinajstić information content (AvgIpc) is 2.44. The zero-order chi connectivity index (χ0) is 13.8. The van der Waals surface area contributed by atoms with Crippen molar-refractivity contribution in [3.8, 4) is 5.75 Å². The number of para-hydroxylation sites is 1. The minimum absolute atomic E-state index is 0.351. The van der Waals surface area contributed by atoms with E-state index in [4.69, 9.17) is 4.74 Å². The molecule has 1 fully saturated rings. The fourth-order valence-corrected chi connectivity index (χ4v) is 5.59. The second-order valence-corrected chi connectivity index (χ2v) is 7.96. The van der Waals surface area contributed by atoms with Crippen LogP contribution in [-0.4, -0.2) is 35.7 Å². The maximum Gasteiger partial charge on any atom is 0.123 e. The maximum atomic E-state index is 5.51. The number of rotatable bonds is 4. The third-order valence-electron chi connectivity index (χ3n) is 3.73. The Hall–Kier alpha value is -0.320. The minimum Gasteiger partial charge on any atom is -0.496 e. The first-order valence-electron chi connectivity index (χ1n) is 6.74. The highest BCUT2D eigenvalue weighted by Crippen LogP contribution is 2.42. The van der Waals surface area contributed by atoms with Gasteiger partial charge in [-0.15, -0.1) is 0 Å². The molecule has 0 spiro atoms. The van der Waals surface area contributed by atoms with Gasteiger partial charge in [-0.3, -0.25) is 0 Å². The lowest BCUT2D eigenvalue weighted by Crippen LogP contribution is -2.35. The van der Waals surface area contributed by atoms with Crippen LogP contribution in [0.15, 0.2) is 24.3 Å². The van der Waals surface area contributed by atoms with E-state index in [-0.39, 0.29) is 0 Å². The second-order valence-electron chi connectivity index (χ2n) is 4.93. The first kappa shape index (κ1) is 15.1. The van der Waals surface area contributed by atoms with Gasteiger partial charge in [0.05, 0.1) is 7.11 Å². The van der Waals surface area contributed by atoms with E-state index in [0.29, 0.717) is 16.5 Å². The third-order valence-corrected chi connectivity index (χ3v) is 7.23. The lowest BCUT2D eigenvalue weighted by atomic mass is 10.0. The Kier molecular flexibility index (Phi) is 5.48. The topological polar surface area (TPSA) is 21.3 Å². The zero-order valence-corrected chi connectivity index (χ0v) is 13.7. The van der Waals surface area contributed by atoms with Crippen LogP contribution < -0.4 is 10.1 Å². The molecule has 4 unspecified atom stereocenters. The van der Waals surface area contributed by atoms with Crippen LogP contribution in [0, 0.1) is 0 Å². The summed E-state index contributed by atoms with van der Waals surface area (Å²) in [6, 6.07) is 8.70. The molecule has 0 aromatic heterocycles. The highest BCUT2D eigenvalue weighted by atomic mass is 32.2. The van der Waals surface area contributed by atoms with Crippen molar-refractivity contribution in [1.29, 1.82) is 0 Å². The van der Waals surface area contributed by atoms with Gasteiger partial charge in [0.15, 0.2) is 0 Å². The lowest BCUT2D eigenvalue weighted by molar-refractivity contribution is 0.401. The van der Waals surface area contributed by atoms with Crippen LogP contribution in [0.5, 0.6) is 5.75 Å². The Morgan fingerprint density at radius 2 is 2.00 bits per heavy atom. The van der Waals surface area contributed by atoms with E-state index in [1.807, 2.05) is 19.2 Å². The summed E-state index contributed by atoms with van der Waals surface area (Å²) in [6.07, 6.45) is 0. The standard InChI is InChI=1S/C15H23NOS2/c1-10-11(2)19-14(9-18-10)15(16-3)12-7-5-6-8-13(12)17-4/h5-8,10-11,14-16H,9H2,1-4H3. The van der Waals surface area contributed by atoms with Gasteiger partial charge >= 0.3 is 0 Å². The van der Waals surface area contributed by atoms with E-state index < -0.39 is 0 Å². The molecule has 0 radical (unpaired) electrons. The summed E-state index contributed by atoms with van der Waals surface area (Å²) < 4.78 is 5.51. The van der Waals surface area contributed by atoms with E-state index in [2.05, 4.69) is 54.8 Å². The van der Waals surface area contributed by atoms with Gasteiger partial charge in [-0.05, 0) is 13.1 Å². The fourth-order valence-electron chi connectivity index (χ4n) is 2.45. The summed E-state index contributed by atoms with van der Waals surface area (Å²) in [4.78, 5) is 0. The summed E-state index contributed by atoms with van der Waals surface area (Å²) in [5, 5.41) is 5.53. The van der Waals surface area contributed by atoms with E-state index in [1.165, 1.54) is 11.3 Å². The van der Waals surface area contributed by atoms with Crippen LogP contribution in [0.25, 0.3) is 0 Å². The Morgan fingerprint density at radius 3 is 2.63 bits per heavy atom. The molecule has 0 bridgehead atoms.